The molecule has 4 bridgehead atoms. The molecule has 0 atom stereocenters. The van der Waals surface area contributed by atoms with Gasteiger partial charge in [0.15, 0.2) is 5.65 Å². The quantitative estimate of drug-likeness (QED) is 0.797. The fraction of sp³-hybridized carbons (Fsp3) is 0.688. The minimum Gasteiger partial charge on any atom is -0.269 e. The summed E-state index contributed by atoms with van der Waals surface area (Å²) >= 11 is 5.94. The van der Waals surface area contributed by atoms with Crippen molar-refractivity contribution >= 4 is 17.2 Å². The van der Waals surface area contributed by atoms with Gasteiger partial charge in [0, 0.05) is 12.5 Å². The lowest BCUT2D eigenvalue weighted by atomic mass is 9.49. The third kappa shape index (κ3) is 1.91. The van der Waals surface area contributed by atoms with E-state index < -0.39 is 0 Å². The van der Waals surface area contributed by atoms with Crippen LogP contribution in [0, 0.1) is 23.2 Å². The van der Waals surface area contributed by atoms with Crippen LogP contribution in [0.2, 0.25) is 5.15 Å². The van der Waals surface area contributed by atoms with E-state index in [2.05, 4.69) is 15.2 Å². The lowest BCUT2D eigenvalue weighted by molar-refractivity contribution is -0.0532. The summed E-state index contributed by atoms with van der Waals surface area (Å²) in [6.45, 7) is 0. The van der Waals surface area contributed by atoms with Crippen molar-refractivity contribution in [2.45, 2.75) is 44.9 Å². The van der Waals surface area contributed by atoms with Gasteiger partial charge in [0.05, 0.1) is 0 Å². The lowest BCUT2D eigenvalue weighted by Crippen LogP contribution is -2.47. The van der Waals surface area contributed by atoms with Crippen molar-refractivity contribution in [3.63, 3.8) is 0 Å². The number of nitrogens with zero attached hydrogens (tertiary/aromatic N) is 4. The molecule has 0 N–H and O–H groups in total. The average Bonchev–Trinajstić information content (AvgIpc) is 2.78. The molecule has 0 radical (unpaired) electrons. The number of hydrogen-bond donors (Lipinski definition) is 0. The monoisotopic (exact) mass is 302 g/mol. The van der Waals surface area contributed by atoms with Gasteiger partial charge in [-0.15, -0.1) is 10.2 Å². The van der Waals surface area contributed by atoms with Gasteiger partial charge in [-0.1, -0.05) is 11.6 Å². The third-order valence-electron chi connectivity index (χ3n) is 6.04. The van der Waals surface area contributed by atoms with Crippen LogP contribution in [0.3, 0.4) is 0 Å². The molecule has 2 heterocycles. The SMILES string of the molecule is Clc1cc2nnc(CC34CC5CC(CC(C5)C3)C4)n2cn1. The van der Waals surface area contributed by atoms with Gasteiger partial charge in [0.2, 0.25) is 0 Å². The summed E-state index contributed by atoms with van der Waals surface area (Å²) in [4.78, 5) is 4.18. The molecule has 0 unspecified atom stereocenters. The average molecular weight is 303 g/mol. The Morgan fingerprint density at radius 2 is 1.76 bits per heavy atom. The topological polar surface area (TPSA) is 43.1 Å². The zero-order valence-electron chi connectivity index (χ0n) is 12.0. The van der Waals surface area contributed by atoms with Gasteiger partial charge in [-0.25, -0.2) is 4.98 Å². The van der Waals surface area contributed by atoms with Crippen LogP contribution in [-0.4, -0.2) is 19.6 Å². The maximum absolute atomic E-state index is 5.94. The summed E-state index contributed by atoms with van der Waals surface area (Å²) in [5, 5.41) is 9.18. The first kappa shape index (κ1) is 12.4. The largest absolute Gasteiger partial charge is 0.269 e. The van der Waals surface area contributed by atoms with Crippen molar-refractivity contribution in [3.05, 3.63) is 23.4 Å². The van der Waals surface area contributed by atoms with Crippen LogP contribution in [-0.2, 0) is 6.42 Å². The van der Waals surface area contributed by atoms with Gasteiger partial charge in [-0.2, -0.15) is 0 Å². The molecule has 0 aromatic carbocycles. The summed E-state index contributed by atoms with van der Waals surface area (Å²) in [6, 6.07) is 1.79. The molecule has 4 fully saturated rings. The number of halogens is 1. The van der Waals surface area contributed by atoms with Gasteiger partial charge in [0.1, 0.15) is 17.3 Å². The summed E-state index contributed by atoms with van der Waals surface area (Å²) in [6.07, 6.45) is 11.5. The van der Waals surface area contributed by atoms with E-state index in [0.717, 1.165) is 35.6 Å². The van der Waals surface area contributed by atoms with Crippen molar-refractivity contribution in [1.82, 2.24) is 19.6 Å². The second-order valence-electron chi connectivity index (χ2n) is 7.65. The highest BCUT2D eigenvalue weighted by atomic mass is 35.5. The highest BCUT2D eigenvalue weighted by Gasteiger charge is 2.51. The van der Waals surface area contributed by atoms with E-state index in [4.69, 9.17) is 11.6 Å². The van der Waals surface area contributed by atoms with Crippen LogP contribution in [0.5, 0.6) is 0 Å². The Labute approximate surface area is 128 Å². The molecule has 4 aliphatic rings. The van der Waals surface area contributed by atoms with Crippen molar-refractivity contribution in [1.29, 1.82) is 0 Å². The van der Waals surface area contributed by atoms with Gasteiger partial charge in [0.25, 0.3) is 0 Å². The Kier molecular flexibility index (Phi) is 2.47. The van der Waals surface area contributed by atoms with E-state index >= 15 is 0 Å². The van der Waals surface area contributed by atoms with E-state index in [-0.39, 0.29) is 0 Å². The number of aromatic nitrogens is 4. The van der Waals surface area contributed by atoms with Gasteiger partial charge < -0.3 is 0 Å². The second-order valence-corrected chi connectivity index (χ2v) is 8.04. The molecule has 0 saturated heterocycles. The van der Waals surface area contributed by atoms with Crippen LogP contribution in [0.1, 0.15) is 44.3 Å². The summed E-state index contributed by atoms with van der Waals surface area (Å²) in [5.74, 6) is 3.99. The maximum Gasteiger partial charge on any atom is 0.165 e. The molecule has 4 nitrogen and oxygen atoms in total. The summed E-state index contributed by atoms with van der Waals surface area (Å²) in [7, 11) is 0. The second kappa shape index (κ2) is 4.19. The first-order chi connectivity index (χ1) is 10.2. The molecule has 0 amide bonds. The zero-order chi connectivity index (χ0) is 14.0. The van der Waals surface area contributed by atoms with Crippen molar-refractivity contribution < 1.29 is 0 Å². The summed E-state index contributed by atoms with van der Waals surface area (Å²) in [5.41, 5.74) is 1.30. The van der Waals surface area contributed by atoms with E-state index in [1.54, 1.807) is 12.4 Å². The molecule has 4 saturated carbocycles. The molecule has 0 aliphatic heterocycles. The standard InChI is InChI=1S/C16H19ClN4/c17-13-4-14-19-20-15(21(14)9-18-13)8-16-5-10-1-11(6-16)3-12(2-10)7-16/h4,9-12H,1-3,5-8H2. The minimum absolute atomic E-state index is 0.483. The smallest absolute Gasteiger partial charge is 0.165 e. The zero-order valence-corrected chi connectivity index (χ0v) is 12.8. The van der Waals surface area contributed by atoms with Crippen LogP contribution in [0.15, 0.2) is 12.4 Å². The van der Waals surface area contributed by atoms with Crippen molar-refractivity contribution in [2.75, 3.05) is 0 Å². The highest BCUT2D eigenvalue weighted by molar-refractivity contribution is 6.29. The van der Waals surface area contributed by atoms with Crippen LogP contribution >= 0.6 is 11.6 Å². The van der Waals surface area contributed by atoms with Gasteiger partial charge in [-0.3, -0.25) is 4.40 Å². The molecule has 0 spiro atoms. The molecule has 4 aliphatic carbocycles. The number of rotatable bonds is 2. The Morgan fingerprint density at radius 3 is 2.43 bits per heavy atom. The first-order valence-corrected chi connectivity index (χ1v) is 8.42. The molecular weight excluding hydrogens is 284 g/mol. The minimum atomic E-state index is 0.483. The Balaban J connectivity index is 1.51. The molecule has 2 aromatic heterocycles. The van der Waals surface area contributed by atoms with E-state index in [0.29, 0.717) is 10.6 Å². The fourth-order valence-electron chi connectivity index (χ4n) is 5.78. The highest BCUT2D eigenvalue weighted by Crippen LogP contribution is 2.60. The molecule has 110 valence electrons. The van der Waals surface area contributed by atoms with E-state index in [1.165, 1.54) is 38.5 Å². The third-order valence-corrected chi connectivity index (χ3v) is 6.24. The first-order valence-electron chi connectivity index (χ1n) is 8.04. The molecule has 5 heteroatoms. The molecular formula is C16H19ClN4. The Bertz CT molecular complexity index is 672. The number of fused-ring (bicyclic) bond motifs is 1. The summed E-state index contributed by atoms with van der Waals surface area (Å²) < 4.78 is 2.02. The lowest BCUT2D eigenvalue weighted by Gasteiger charge is -2.56. The van der Waals surface area contributed by atoms with Crippen LogP contribution in [0.25, 0.3) is 5.65 Å². The molecule has 21 heavy (non-hydrogen) atoms. The molecule has 6 rings (SSSR count). The fourth-order valence-corrected chi connectivity index (χ4v) is 5.92. The van der Waals surface area contributed by atoms with E-state index in [1.807, 2.05) is 4.40 Å². The van der Waals surface area contributed by atoms with Crippen molar-refractivity contribution in [2.24, 2.45) is 23.2 Å². The van der Waals surface area contributed by atoms with Crippen LogP contribution in [0.4, 0.5) is 0 Å². The predicted molar refractivity (Wildman–Crippen MR) is 80.1 cm³/mol. The predicted octanol–water partition coefficient (Wildman–Crippen LogP) is 3.54. The van der Waals surface area contributed by atoms with Gasteiger partial charge >= 0.3 is 0 Å². The van der Waals surface area contributed by atoms with Crippen molar-refractivity contribution in [3.8, 4) is 0 Å². The maximum atomic E-state index is 5.94. The van der Waals surface area contributed by atoms with E-state index in [9.17, 15) is 0 Å². The van der Waals surface area contributed by atoms with Gasteiger partial charge in [-0.05, 0) is 61.7 Å². The molecule has 2 aromatic rings. The Morgan fingerprint density at radius 1 is 1.10 bits per heavy atom. The Hall–Kier alpha value is -1.16. The van der Waals surface area contributed by atoms with Crippen LogP contribution < -0.4 is 0 Å². The normalized spacial score (nSPS) is 37.5. The number of hydrogen-bond acceptors (Lipinski definition) is 3.